The van der Waals surface area contributed by atoms with Gasteiger partial charge in [-0.3, -0.25) is 4.79 Å². The molecule has 0 fully saturated rings. The summed E-state index contributed by atoms with van der Waals surface area (Å²) in [7, 11) is 0. The molecule has 1 aromatic carbocycles. The molecule has 88 valence electrons. The summed E-state index contributed by atoms with van der Waals surface area (Å²) in [6.45, 7) is 5.51. The first-order chi connectivity index (χ1) is 7.50. The smallest absolute Gasteiger partial charge is 0.241 e. The number of nitrogens with one attached hydrogen (secondary N) is 1. The Labute approximate surface area is 95.8 Å². The second-order valence-electron chi connectivity index (χ2n) is 3.94. The molecular formula is C12H18N2O2. The van der Waals surface area contributed by atoms with Gasteiger partial charge in [0.15, 0.2) is 0 Å². The third kappa shape index (κ3) is 3.55. The molecule has 0 heterocycles. The van der Waals surface area contributed by atoms with Crippen molar-refractivity contribution in [3.63, 3.8) is 0 Å². The number of hydrogen-bond acceptors (Lipinski definition) is 3. The van der Waals surface area contributed by atoms with Crippen LogP contribution in [0.2, 0.25) is 0 Å². The Kier molecular flexibility index (Phi) is 4.31. The molecule has 1 rings (SSSR count). The fourth-order valence-corrected chi connectivity index (χ4v) is 1.17. The molecule has 0 bridgehead atoms. The van der Waals surface area contributed by atoms with E-state index in [1.54, 1.807) is 13.0 Å². The predicted molar refractivity (Wildman–Crippen MR) is 64.5 cm³/mol. The molecule has 1 aromatic rings. The van der Waals surface area contributed by atoms with Crippen molar-refractivity contribution in [2.45, 2.75) is 32.9 Å². The van der Waals surface area contributed by atoms with Crippen molar-refractivity contribution in [3.8, 4) is 5.75 Å². The van der Waals surface area contributed by atoms with Crippen LogP contribution in [0.3, 0.4) is 0 Å². The van der Waals surface area contributed by atoms with Gasteiger partial charge in [0, 0.05) is 0 Å². The summed E-state index contributed by atoms with van der Waals surface area (Å²) in [5.41, 5.74) is 6.13. The van der Waals surface area contributed by atoms with E-state index in [2.05, 4.69) is 5.32 Å². The van der Waals surface area contributed by atoms with Gasteiger partial charge < -0.3 is 15.8 Å². The largest absolute Gasteiger partial charge is 0.489 e. The lowest BCUT2D eigenvalue weighted by atomic mass is 10.2. The Morgan fingerprint density at radius 3 is 2.50 bits per heavy atom. The highest BCUT2D eigenvalue weighted by Gasteiger charge is 2.11. The van der Waals surface area contributed by atoms with Gasteiger partial charge in [-0.15, -0.1) is 0 Å². The molecule has 0 saturated heterocycles. The number of hydrogen-bond donors (Lipinski definition) is 2. The number of amides is 1. The lowest BCUT2D eigenvalue weighted by molar-refractivity contribution is -0.117. The summed E-state index contributed by atoms with van der Waals surface area (Å²) in [4.78, 5) is 11.5. The normalized spacial score (nSPS) is 12.3. The lowest BCUT2D eigenvalue weighted by Crippen LogP contribution is -2.32. The standard InChI is InChI=1S/C12H18N2O2/c1-8(2)16-11-7-5-4-6-10(11)14-12(15)9(3)13/h4-9H,13H2,1-3H3,(H,14,15)/t9-/m0/s1. The highest BCUT2D eigenvalue weighted by molar-refractivity contribution is 5.95. The molecule has 1 amide bonds. The first-order valence-electron chi connectivity index (χ1n) is 5.33. The molecule has 0 aliphatic rings. The molecule has 0 aliphatic heterocycles. The van der Waals surface area contributed by atoms with Gasteiger partial charge in [-0.05, 0) is 32.9 Å². The second-order valence-corrected chi connectivity index (χ2v) is 3.94. The molecule has 4 heteroatoms. The van der Waals surface area contributed by atoms with Crippen molar-refractivity contribution in [2.24, 2.45) is 5.73 Å². The highest BCUT2D eigenvalue weighted by atomic mass is 16.5. The van der Waals surface area contributed by atoms with E-state index in [4.69, 9.17) is 10.5 Å². The fraction of sp³-hybridized carbons (Fsp3) is 0.417. The average molecular weight is 222 g/mol. The topological polar surface area (TPSA) is 64.3 Å². The van der Waals surface area contributed by atoms with Gasteiger partial charge in [0.05, 0.1) is 17.8 Å². The van der Waals surface area contributed by atoms with Crippen LogP contribution in [0.25, 0.3) is 0 Å². The Hall–Kier alpha value is -1.55. The van der Waals surface area contributed by atoms with Crippen LogP contribution in [0.5, 0.6) is 5.75 Å². The van der Waals surface area contributed by atoms with Crippen molar-refractivity contribution in [1.29, 1.82) is 0 Å². The number of carbonyl (C=O) groups excluding carboxylic acids is 1. The second kappa shape index (κ2) is 5.51. The number of carbonyl (C=O) groups is 1. The number of ether oxygens (including phenoxy) is 1. The van der Waals surface area contributed by atoms with E-state index in [0.717, 1.165) is 0 Å². The van der Waals surface area contributed by atoms with Crippen LogP contribution >= 0.6 is 0 Å². The Balaban J connectivity index is 2.82. The maximum absolute atomic E-state index is 11.5. The van der Waals surface area contributed by atoms with Crippen LogP contribution in [-0.2, 0) is 4.79 Å². The summed E-state index contributed by atoms with van der Waals surface area (Å²) < 4.78 is 5.57. The zero-order valence-electron chi connectivity index (χ0n) is 9.86. The van der Waals surface area contributed by atoms with Crippen molar-refractivity contribution in [3.05, 3.63) is 24.3 Å². The Morgan fingerprint density at radius 2 is 1.94 bits per heavy atom. The molecule has 0 aliphatic carbocycles. The molecule has 0 radical (unpaired) electrons. The van der Waals surface area contributed by atoms with Gasteiger partial charge >= 0.3 is 0 Å². The Morgan fingerprint density at radius 1 is 1.31 bits per heavy atom. The number of rotatable bonds is 4. The van der Waals surface area contributed by atoms with Gasteiger partial charge in [0.2, 0.25) is 5.91 Å². The maximum atomic E-state index is 11.5. The van der Waals surface area contributed by atoms with E-state index in [9.17, 15) is 4.79 Å². The first-order valence-corrected chi connectivity index (χ1v) is 5.33. The third-order valence-corrected chi connectivity index (χ3v) is 1.92. The van der Waals surface area contributed by atoms with E-state index in [0.29, 0.717) is 11.4 Å². The van der Waals surface area contributed by atoms with Crippen LogP contribution in [0, 0.1) is 0 Å². The van der Waals surface area contributed by atoms with Crippen molar-refractivity contribution >= 4 is 11.6 Å². The average Bonchev–Trinajstić information content (AvgIpc) is 2.20. The summed E-state index contributed by atoms with van der Waals surface area (Å²) in [6.07, 6.45) is 0.0633. The van der Waals surface area contributed by atoms with Crippen molar-refractivity contribution in [2.75, 3.05) is 5.32 Å². The van der Waals surface area contributed by atoms with Crippen LogP contribution in [-0.4, -0.2) is 18.1 Å². The van der Waals surface area contributed by atoms with Crippen LogP contribution < -0.4 is 15.8 Å². The number of para-hydroxylation sites is 2. The van der Waals surface area contributed by atoms with E-state index in [1.807, 2.05) is 32.0 Å². The lowest BCUT2D eigenvalue weighted by Gasteiger charge is -2.15. The van der Waals surface area contributed by atoms with Gasteiger partial charge in [-0.1, -0.05) is 12.1 Å². The molecule has 3 N–H and O–H groups in total. The van der Waals surface area contributed by atoms with E-state index >= 15 is 0 Å². The van der Waals surface area contributed by atoms with Crippen molar-refractivity contribution < 1.29 is 9.53 Å². The molecule has 1 atom stereocenters. The zero-order valence-corrected chi connectivity index (χ0v) is 9.86. The number of nitrogens with two attached hydrogens (primary N) is 1. The maximum Gasteiger partial charge on any atom is 0.241 e. The first kappa shape index (κ1) is 12.5. The molecule has 0 unspecified atom stereocenters. The van der Waals surface area contributed by atoms with Gasteiger partial charge in [-0.2, -0.15) is 0 Å². The molecule has 0 aromatic heterocycles. The third-order valence-electron chi connectivity index (χ3n) is 1.92. The molecule has 0 spiro atoms. The predicted octanol–water partition coefficient (Wildman–Crippen LogP) is 1.76. The fourth-order valence-electron chi connectivity index (χ4n) is 1.17. The Bertz CT molecular complexity index is 362. The number of anilines is 1. The minimum atomic E-state index is -0.535. The SMILES string of the molecule is CC(C)Oc1ccccc1NC(=O)[C@H](C)N. The van der Waals surface area contributed by atoms with Crippen LogP contribution in [0.15, 0.2) is 24.3 Å². The minimum absolute atomic E-state index is 0.0633. The molecule has 16 heavy (non-hydrogen) atoms. The highest BCUT2D eigenvalue weighted by Crippen LogP contribution is 2.24. The van der Waals surface area contributed by atoms with Crippen LogP contribution in [0.4, 0.5) is 5.69 Å². The molecular weight excluding hydrogens is 204 g/mol. The summed E-state index contributed by atoms with van der Waals surface area (Å²) in [5, 5.41) is 2.73. The van der Waals surface area contributed by atoms with E-state index < -0.39 is 6.04 Å². The van der Waals surface area contributed by atoms with E-state index in [-0.39, 0.29) is 12.0 Å². The van der Waals surface area contributed by atoms with Gasteiger partial charge in [0.25, 0.3) is 0 Å². The summed E-state index contributed by atoms with van der Waals surface area (Å²) >= 11 is 0. The minimum Gasteiger partial charge on any atom is -0.489 e. The van der Waals surface area contributed by atoms with Crippen molar-refractivity contribution in [1.82, 2.24) is 0 Å². The monoisotopic (exact) mass is 222 g/mol. The van der Waals surface area contributed by atoms with E-state index in [1.165, 1.54) is 0 Å². The molecule has 0 saturated carbocycles. The molecule has 4 nitrogen and oxygen atoms in total. The van der Waals surface area contributed by atoms with Gasteiger partial charge in [-0.25, -0.2) is 0 Å². The van der Waals surface area contributed by atoms with Gasteiger partial charge in [0.1, 0.15) is 5.75 Å². The zero-order chi connectivity index (χ0) is 12.1. The summed E-state index contributed by atoms with van der Waals surface area (Å²) in [6, 6.07) is 6.77. The number of benzene rings is 1. The van der Waals surface area contributed by atoms with Crippen LogP contribution in [0.1, 0.15) is 20.8 Å². The quantitative estimate of drug-likeness (QED) is 0.815. The summed E-state index contributed by atoms with van der Waals surface area (Å²) in [5.74, 6) is 0.436.